The average Bonchev–Trinajstić information content (AvgIpc) is 3.54. The lowest BCUT2D eigenvalue weighted by molar-refractivity contribution is 0.0528. The molecule has 10 heteroatoms. The van der Waals surface area contributed by atoms with E-state index in [1.54, 1.807) is 45.0 Å². The Balaban J connectivity index is 1.36. The van der Waals surface area contributed by atoms with Gasteiger partial charge in [0.15, 0.2) is 11.5 Å². The van der Waals surface area contributed by atoms with Gasteiger partial charge in [-0.1, -0.05) is 17.7 Å². The molecule has 1 aromatic carbocycles. The van der Waals surface area contributed by atoms with E-state index in [1.807, 2.05) is 18.2 Å². The summed E-state index contributed by atoms with van der Waals surface area (Å²) in [4.78, 5) is 37.2. The quantitative estimate of drug-likeness (QED) is 0.462. The first-order valence-corrected chi connectivity index (χ1v) is 10.7. The lowest BCUT2D eigenvalue weighted by atomic mass is 10.2. The normalized spacial score (nSPS) is 13.8. The first kappa shape index (κ1) is 20.9. The molecule has 1 aliphatic heterocycles. The van der Waals surface area contributed by atoms with Crippen LogP contribution in [0, 0.1) is 0 Å². The molecule has 33 heavy (non-hydrogen) atoms. The van der Waals surface area contributed by atoms with Crippen molar-refractivity contribution in [1.29, 1.82) is 0 Å². The molecule has 1 fully saturated rings. The first-order valence-electron chi connectivity index (χ1n) is 10.3. The molecular formula is C23H19ClN6O3. The van der Waals surface area contributed by atoms with Gasteiger partial charge in [0.25, 0.3) is 11.8 Å². The van der Waals surface area contributed by atoms with Crippen molar-refractivity contribution >= 4 is 23.4 Å². The second-order valence-electron chi connectivity index (χ2n) is 7.46. The van der Waals surface area contributed by atoms with Gasteiger partial charge in [-0.25, -0.2) is 9.67 Å². The molecule has 5 rings (SSSR count). The number of benzene rings is 1. The summed E-state index contributed by atoms with van der Waals surface area (Å²) in [5.74, 6) is 0.177. The Morgan fingerprint density at radius 1 is 0.909 bits per heavy atom. The lowest BCUT2D eigenvalue weighted by Crippen LogP contribution is -2.50. The van der Waals surface area contributed by atoms with E-state index in [1.165, 1.54) is 18.6 Å². The molecule has 9 nitrogen and oxygen atoms in total. The number of hydrogen-bond acceptors (Lipinski definition) is 6. The molecular weight excluding hydrogens is 444 g/mol. The fourth-order valence-corrected chi connectivity index (χ4v) is 3.92. The first-order chi connectivity index (χ1) is 16.1. The second kappa shape index (κ2) is 8.87. The van der Waals surface area contributed by atoms with Gasteiger partial charge in [-0.15, -0.1) is 0 Å². The molecule has 2 amide bonds. The number of nitrogens with zero attached hydrogens (tertiary/aromatic N) is 6. The highest BCUT2D eigenvalue weighted by molar-refractivity contribution is 6.30. The molecule has 166 valence electrons. The molecule has 4 heterocycles. The molecule has 0 unspecified atom stereocenters. The van der Waals surface area contributed by atoms with E-state index in [0.29, 0.717) is 54.0 Å². The van der Waals surface area contributed by atoms with E-state index in [2.05, 4.69) is 15.1 Å². The number of amides is 2. The molecule has 0 N–H and O–H groups in total. The molecule has 0 saturated carbocycles. The third kappa shape index (κ3) is 4.22. The third-order valence-corrected chi connectivity index (χ3v) is 5.63. The number of carbonyl (C=O) groups is 2. The Labute approximate surface area is 194 Å². The van der Waals surface area contributed by atoms with Crippen LogP contribution in [-0.4, -0.2) is 67.5 Å². The number of carbonyl (C=O) groups excluding carboxylic acids is 2. The zero-order chi connectivity index (χ0) is 22.8. The zero-order valence-corrected chi connectivity index (χ0v) is 18.2. The maximum atomic E-state index is 13.2. The summed E-state index contributed by atoms with van der Waals surface area (Å²) in [7, 11) is 0. The van der Waals surface area contributed by atoms with Gasteiger partial charge in [0.1, 0.15) is 11.4 Å². The van der Waals surface area contributed by atoms with E-state index in [-0.39, 0.29) is 17.5 Å². The number of rotatable bonds is 4. The van der Waals surface area contributed by atoms with Crippen molar-refractivity contribution < 1.29 is 14.0 Å². The van der Waals surface area contributed by atoms with Gasteiger partial charge < -0.3 is 14.2 Å². The topological polar surface area (TPSA) is 97.4 Å². The molecule has 3 aromatic heterocycles. The van der Waals surface area contributed by atoms with Crippen LogP contribution in [0.25, 0.3) is 17.1 Å². The summed E-state index contributed by atoms with van der Waals surface area (Å²) in [5.41, 5.74) is 1.94. The van der Waals surface area contributed by atoms with E-state index in [9.17, 15) is 9.59 Å². The van der Waals surface area contributed by atoms with Crippen molar-refractivity contribution in [2.75, 3.05) is 26.2 Å². The van der Waals surface area contributed by atoms with E-state index >= 15 is 0 Å². The van der Waals surface area contributed by atoms with Gasteiger partial charge in [0.2, 0.25) is 0 Å². The van der Waals surface area contributed by atoms with Gasteiger partial charge in [0.05, 0.1) is 18.1 Å². The molecule has 0 bridgehead atoms. The van der Waals surface area contributed by atoms with E-state index in [0.717, 1.165) is 0 Å². The molecule has 4 aromatic rings. The third-order valence-electron chi connectivity index (χ3n) is 5.39. The Kier molecular flexibility index (Phi) is 5.62. The standard InChI is InChI=1S/C23H19ClN6O3/c24-16-3-1-4-17(13-16)30-20(21-5-2-12-33-21)14-18(27-30)22(31)28-8-10-29(11-9-28)23(32)19-15-25-6-7-26-19/h1-7,12-15H,8-11H2. The van der Waals surface area contributed by atoms with Crippen LogP contribution >= 0.6 is 11.6 Å². The maximum absolute atomic E-state index is 13.2. The molecule has 1 saturated heterocycles. The Hall–Kier alpha value is -3.98. The van der Waals surface area contributed by atoms with Gasteiger partial charge in [-0.05, 0) is 30.3 Å². The predicted molar refractivity (Wildman–Crippen MR) is 120 cm³/mol. The summed E-state index contributed by atoms with van der Waals surface area (Å²) in [6, 6.07) is 12.5. The summed E-state index contributed by atoms with van der Waals surface area (Å²) in [6.45, 7) is 1.60. The molecule has 0 aliphatic carbocycles. The monoisotopic (exact) mass is 462 g/mol. The average molecular weight is 463 g/mol. The second-order valence-corrected chi connectivity index (χ2v) is 7.90. The van der Waals surface area contributed by atoms with Gasteiger partial charge >= 0.3 is 0 Å². The van der Waals surface area contributed by atoms with Gasteiger partial charge in [-0.2, -0.15) is 5.10 Å². The minimum Gasteiger partial charge on any atom is -0.463 e. The Morgan fingerprint density at radius 2 is 1.67 bits per heavy atom. The largest absolute Gasteiger partial charge is 0.463 e. The van der Waals surface area contributed by atoms with Crippen LogP contribution < -0.4 is 0 Å². The summed E-state index contributed by atoms with van der Waals surface area (Å²) < 4.78 is 7.20. The fraction of sp³-hybridized carbons (Fsp3) is 0.174. The molecule has 0 spiro atoms. The van der Waals surface area contributed by atoms with Gasteiger partial charge in [-0.3, -0.25) is 14.6 Å². The molecule has 1 aliphatic rings. The minimum absolute atomic E-state index is 0.194. The summed E-state index contributed by atoms with van der Waals surface area (Å²) in [5, 5.41) is 5.12. The van der Waals surface area contributed by atoms with Crippen LogP contribution in [0.15, 0.2) is 71.7 Å². The molecule has 0 atom stereocenters. The number of piperazine rings is 1. The van der Waals surface area contributed by atoms with Crippen LogP contribution in [-0.2, 0) is 0 Å². The van der Waals surface area contributed by atoms with Crippen molar-refractivity contribution in [2.24, 2.45) is 0 Å². The lowest BCUT2D eigenvalue weighted by Gasteiger charge is -2.34. The highest BCUT2D eigenvalue weighted by atomic mass is 35.5. The van der Waals surface area contributed by atoms with E-state index < -0.39 is 0 Å². The van der Waals surface area contributed by atoms with Crippen molar-refractivity contribution in [1.82, 2.24) is 29.5 Å². The number of aromatic nitrogens is 4. The van der Waals surface area contributed by atoms with Crippen LogP contribution in [0.2, 0.25) is 5.02 Å². The minimum atomic E-state index is -0.213. The SMILES string of the molecule is O=C(c1cnccn1)N1CCN(C(=O)c2cc(-c3ccco3)n(-c3cccc(Cl)c3)n2)CC1. The van der Waals surface area contributed by atoms with E-state index in [4.69, 9.17) is 16.0 Å². The van der Waals surface area contributed by atoms with Crippen LogP contribution in [0.4, 0.5) is 0 Å². The Morgan fingerprint density at radius 3 is 2.30 bits per heavy atom. The zero-order valence-electron chi connectivity index (χ0n) is 17.5. The summed E-state index contributed by atoms with van der Waals surface area (Å²) >= 11 is 6.17. The molecule has 0 radical (unpaired) electrons. The summed E-state index contributed by atoms with van der Waals surface area (Å²) in [6.07, 6.45) is 6.02. The van der Waals surface area contributed by atoms with Crippen molar-refractivity contribution in [3.63, 3.8) is 0 Å². The number of furan rings is 1. The van der Waals surface area contributed by atoms with Crippen LogP contribution in [0.1, 0.15) is 21.0 Å². The van der Waals surface area contributed by atoms with Crippen molar-refractivity contribution in [2.45, 2.75) is 0 Å². The van der Waals surface area contributed by atoms with Crippen molar-refractivity contribution in [3.05, 3.63) is 83.7 Å². The van der Waals surface area contributed by atoms with Crippen LogP contribution in [0.3, 0.4) is 0 Å². The fourth-order valence-electron chi connectivity index (χ4n) is 3.74. The maximum Gasteiger partial charge on any atom is 0.274 e. The highest BCUT2D eigenvalue weighted by Crippen LogP contribution is 2.26. The predicted octanol–water partition coefficient (Wildman–Crippen LogP) is 3.17. The van der Waals surface area contributed by atoms with Gasteiger partial charge in [0, 0.05) is 49.7 Å². The highest BCUT2D eigenvalue weighted by Gasteiger charge is 2.28. The smallest absolute Gasteiger partial charge is 0.274 e. The number of halogens is 1. The Bertz CT molecular complexity index is 1280. The van der Waals surface area contributed by atoms with Crippen molar-refractivity contribution in [3.8, 4) is 17.1 Å². The van der Waals surface area contributed by atoms with Crippen LogP contribution in [0.5, 0.6) is 0 Å². The number of hydrogen-bond donors (Lipinski definition) is 0.